The number of nitrogens with zero attached hydrogens (tertiary/aromatic N) is 2. The number of amides is 2. The molecule has 0 aromatic carbocycles. The normalized spacial score (nSPS) is 10.2. The van der Waals surface area contributed by atoms with Crippen LogP contribution in [0.1, 0.15) is 18.3 Å². The van der Waals surface area contributed by atoms with Crippen LogP contribution < -0.4 is 10.6 Å². The van der Waals surface area contributed by atoms with Crippen LogP contribution in [0.3, 0.4) is 0 Å². The highest BCUT2D eigenvalue weighted by molar-refractivity contribution is 6.31. The second-order valence-corrected chi connectivity index (χ2v) is 3.99. The first-order valence-electron chi connectivity index (χ1n) is 5.39. The first kappa shape index (κ1) is 14.3. The Morgan fingerprint density at radius 2 is 2.11 bits per heavy atom. The van der Waals surface area contributed by atoms with E-state index in [9.17, 15) is 9.59 Å². The highest BCUT2D eigenvalue weighted by Gasteiger charge is 2.13. The van der Waals surface area contributed by atoms with Gasteiger partial charge in [-0.25, -0.2) is 4.79 Å². The lowest BCUT2D eigenvalue weighted by Gasteiger charge is -2.06. The number of hydrogen-bond donors (Lipinski definition) is 3. The van der Waals surface area contributed by atoms with Crippen molar-refractivity contribution in [1.82, 2.24) is 20.4 Å². The van der Waals surface area contributed by atoms with Crippen molar-refractivity contribution in [3.63, 3.8) is 0 Å². The lowest BCUT2D eigenvalue weighted by molar-refractivity contribution is -0.135. The Bertz CT molecular complexity index is 458. The number of carboxylic acid groups (broad SMARTS) is 1. The molecule has 1 aromatic heterocycles. The fraction of sp³-hybridized carbons (Fsp3) is 0.500. The zero-order chi connectivity index (χ0) is 13.7. The van der Waals surface area contributed by atoms with Gasteiger partial charge in [0.25, 0.3) is 0 Å². The molecule has 0 aliphatic heterocycles. The van der Waals surface area contributed by atoms with Crippen molar-refractivity contribution >= 4 is 23.6 Å². The lowest BCUT2D eigenvalue weighted by atomic mass is 10.3. The van der Waals surface area contributed by atoms with Crippen LogP contribution in [0.4, 0.5) is 4.79 Å². The van der Waals surface area contributed by atoms with Gasteiger partial charge in [-0.3, -0.25) is 9.48 Å². The molecule has 8 heteroatoms. The van der Waals surface area contributed by atoms with Gasteiger partial charge in [0.15, 0.2) is 0 Å². The molecule has 100 valence electrons. The molecule has 0 radical (unpaired) electrons. The third kappa shape index (κ3) is 3.63. The molecular formula is C10H15ClN4O3. The molecule has 0 atom stereocenters. The fourth-order valence-corrected chi connectivity index (χ4v) is 1.75. The third-order valence-electron chi connectivity index (χ3n) is 2.32. The maximum Gasteiger partial charge on any atom is 0.323 e. The number of carbonyl (C=O) groups excluding carboxylic acids is 1. The minimum Gasteiger partial charge on any atom is -0.480 e. The molecule has 2 amide bonds. The van der Waals surface area contributed by atoms with E-state index in [4.69, 9.17) is 16.7 Å². The summed E-state index contributed by atoms with van der Waals surface area (Å²) in [6.07, 6.45) is 0.706. The summed E-state index contributed by atoms with van der Waals surface area (Å²) in [5, 5.41) is 17.8. The van der Waals surface area contributed by atoms with Crippen LogP contribution in [0.25, 0.3) is 0 Å². The molecule has 7 nitrogen and oxygen atoms in total. The number of urea groups is 1. The molecule has 18 heavy (non-hydrogen) atoms. The van der Waals surface area contributed by atoms with Gasteiger partial charge in [0.1, 0.15) is 6.54 Å². The molecule has 3 N–H and O–H groups in total. The number of aliphatic carboxylic acids is 1. The van der Waals surface area contributed by atoms with Crippen LogP contribution in [0.2, 0.25) is 5.02 Å². The van der Waals surface area contributed by atoms with Crippen molar-refractivity contribution in [3.05, 3.63) is 16.4 Å². The van der Waals surface area contributed by atoms with Gasteiger partial charge in [-0.15, -0.1) is 0 Å². The smallest absolute Gasteiger partial charge is 0.323 e. The Labute approximate surface area is 109 Å². The maximum absolute atomic E-state index is 11.3. The van der Waals surface area contributed by atoms with Gasteiger partial charge in [0.05, 0.1) is 23.0 Å². The minimum atomic E-state index is -1.10. The largest absolute Gasteiger partial charge is 0.480 e. The number of halogens is 1. The summed E-state index contributed by atoms with van der Waals surface area (Å²) < 4.78 is 1.60. The van der Waals surface area contributed by atoms with E-state index in [1.807, 2.05) is 6.92 Å². The summed E-state index contributed by atoms with van der Waals surface area (Å²) in [6, 6.07) is -0.562. The minimum absolute atomic E-state index is 0.188. The van der Waals surface area contributed by atoms with Crippen molar-refractivity contribution in [1.29, 1.82) is 0 Å². The Balaban J connectivity index is 2.55. The molecule has 0 spiro atoms. The first-order valence-corrected chi connectivity index (χ1v) is 5.77. The second kappa shape index (κ2) is 6.25. The summed E-state index contributed by atoms with van der Waals surface area (Å²) in [5.41, 5.74) is 1.45. The average molecular weight is 275 g/mol. The van der Waals surface area contributed by atoms with Crippen molar-refractivity contribution in [2.24, 2.45) is 7.05 Å². The number of carboxylic acids is 1. The molecule has 1 rings (SSSR count). The van der Waals surface area contributed by atoms with Crippen LogP contribution in [-0.2, 0) is 24.8 Å². The highest BCUT2D eigenvalue weighted by atomic mass is 35.5. The second-order valence-electron chi connectivity index (χ2n) is 3.61. The monoisotopic (exact) mass is 274 g/mol. The topological polar surface area (TPSA) is 96.3 Å². The van der Waals surface area contributed by atoms with E-state index in [0.717, 1.165) is 5.69 Å². The third-order valence-corrected chi connectivity index (χ3v) is 2.76. The molecule has 1 aromatic rings. The highest BCUT2D eigenvalue weighted by Crippen LogP contribution is 2.20. The van der Waals surface area contributed by atoms with Crippen LogP contribution in [-0.4, -0.2) is 33.4 Å². The molecule has 1 heterocycles. The number of rotatable bonds is 5. The SMILES string of the molecule is CCc1nn(C)c(CNC(=O)NCC(=O)O)c1Cl. The van der Waals surface area contributed by atoms with Crippen LogP contribution >= 0.6 is 11.6 Å². The van der Waals surface area contributed by atoms with E-state index >= 15 is 0 Å². The quantitative estimate of drug-likeness (QED) is 0.729. The standard InChI is InChI=1S/C10H15ClN4O3/c1-3-6-9(11)7(15(2)14-6)4-12-10(18)13-5-8(16)17/h3-5H2,1-2H3,(H,16,17)(H2,12,13,18). The van der Waals surface area contributed by atoms with Gasteiger partial charge in [0, 0.05) is 7.05 Å². The van der Waals surface area contributed by atoms with Gasteiger partial charge >= 0.3 is 12.0 Å². The number of hydrogen-bond acceptors (Lipinski definition) is 3. The molecule has 0 unspecified atom stereocenters. The van der Waals surface area contributed by atoms with E-state index in [1.165, 1.54) is 0 Å². The molecule has 0 bridgehead atoms. The van der Waals surface area contributed by atoms with Crippen molar-refractivity contribution in [2.75, 3.05) is 6.54 Å². The zero-order valence-corrected chi connectivity index (χ0v) is 10.9. The molecular weight excluding hydrogens is 260 g/mol. The van der Waals surface area contributed by atoms with E-state index in [2.05, 4.69) is 15.7 Å². The molecule has 0 aliphatic carbocycles. The van der Waals surface area contributed by atoms with E-state index in [0.29, 0.717) is 17.1 Å². The number of aromatic nitrogens is 2. The summed E-state index contributed by atoms with van der Waals surface area (Å²) in [7, 11) is 1.73. The maximum atomic E-state index is 11.3. The van der Waals surface area contributed by atoms with Gasteiger partial charge < -0.3 is 15.7 Å². The van der Waals surface area contributed by atoms with Crippen LogP contribution in [0.5, 0.6) is 0 Å². The van der Waals surface area contributed by atoms with E-state index in [-0.39, 0.29) is 6.54 Å². The van der Waals surface area contributed by atoms with Gasteiger partial charge in [-0.1, -0.05) is 18.5 Å². The molecule has 0 fully saturated rings. The Morgan fingerprint density at radius 1 is 1.44 bits per heavy atom. The Morgan fingerprint density at radius 3 is 2.61 bits per heavy atom. The van der Waals surface area contributed by atoms with Crippen molar-refractivity contribution in [3.8, 4) is 0 Å². The predicted molar refractivity (Wildman–Crippen MR) is 65.5 cm³/mol. The predicted octanol–water partition coefficient (Wildman–Crippen LogP) is 0.520. The van der Waals surface area contributed by atoms with Crippen LogP contribution in [0.15, 0.2) is 0 Å². The van der Waals surface area contributed by atoms with Gasteiger partial charge in [0.2, 0.25) is 0 Å². The molecule has 0 saturated carbocycles. The van der Waals surface area contributed by atoms with E-state index < -0.39 is 18.5 Å². The molecule has 0 aliphatic rings. The van der Waals surface area contributed by atoms with Crippen molar-refractivity contribution < 1.29 is 14.7 Å². The summed E-state index contributed by atoms with van der Waals surface area (Å²) in [5.74, 6) is -1.10. The van der Waals surface area contributed by atoms with Crippen molar-refractivity contribution in [2.45, 2.75) is 19.9 Å². The Hall–Kier alpha value is -1.76. The summed E-state index contributed by atoms with van der Waals surface area (Å²) >= 11 is 6.09. The zero-order valence-electron chi connectivity index (χ0n) is 10.2. The molecule has 0 saturated heterocycles. The Kier molecular flexibility index (Phi) is 4.96. The lowest BCUT2D eigenvalue weighted by Crippen LogP contribution is -2.38. The summed E-state index contributed by atoms with van der Waals surface area (Å²) in [4.78, 5) is 21.5. The number of nitrogens with one attached hydrogen (secondary N) is 2. The average Bonchev–Trinajstić information content (AvgIpc) is 2.59. The first-order chi connectivity index (χ1) is 8.45. The van der Waals surface area contributed by atoms with E-state index in [1.54, 1.807) is 11.7 Å². The van der Waals surface area contributed by atoms with Gasteiger partial charge in [-0.2, -0.15) is 5.10 Å². The number of carbonyl (C=O) groups is 2. The van der Waals surface area contributed by atoms with Crippen LogP contribution in [0, 0.1) is 0 Å². The fourth-order valence-electron chi connectivity index (χ4n) is 1.39. The number of aryl methyl sites for hydroxylation is 2. The van der Waals surface area contributed by atoms with Gasteiger partial charge in [-0.05, 0) is 6.42 Å². The summed E-state index contributed by atoms with van der Waals surface area (Å²) in [6.45, 7) is 1.70.